The molecule has 3 N–H and O–H groups in total. The summed E-state index contributed by atoms with van der Waals surface area (Å²) in [4.78, 5) is 34.3. The Hall–Kier alpha value is -1.43. The highest BCUT2D eigenvalue weighted by molar-refractivity contribution is 6.02. The van der Waals surface area contributed by atoms with E-state index in [-0.39, 0.29) is 18.2 Å². The molecule has 0 aromatic heterocycles. The lowest BCUT2D eigenvalue weighted by atomic mass is 10.0. The third-order valence-corrected chi connectivity index (χ3v) is 2.73. The Morgan fingerprint density at radius 1 is 1.47 bits per heavy atom. The number of amides is 3. The number of carbonyl (C=O) groups is 3. The summed E-state index contributed by atoms with van der Waals surface area (Å²) in [5.74, 6) is -0.956. The van der Waals surface area contributed by atoms with Gasteiger partial charge in [-0.05, 0) is 26.8 Å². The molecule has 0 saturated carbocycles. The van der Waals surface area contributed by atoms with E-state index in [1.807, 2.05) is 6.92 Å². The van der Waals surface area contributed by atoms with Crippen LogP contribution in [0.4, 0.5) is 0 Å². The summed E-state index contributed by atoms with van der Waals surface area (Å²) in [7, 11) is 0. The zero-order valence-electron chi connectivity index (χ0n) is 10.4. The summed E-state index contributed by atoms with van der Waals surface area (Å²) in [5.41, 5.74) is -0.726. The maximum atomic E-state index is 11.9. The summed E-state index contributed by atoms with van der Waals surface area (Å²) >= 11 is 0. The number of hydrogen-bond acceptors (Lipinski definition) is 4. The number of hydrogen-bond donors (Lipinski definition) is 3. The van der Waals surface area contributed by atoms with Gasteiger partial charge in [0.1, 0.15) is 6.04 Å². The van der Waals surface area contributed by atoms with Crippen molar-refractivity contribution < 1.29 is 14.4 Å². The highest BCUT2D eigenvalue weighted by atomic mass is 16.2. The van der Waals surface area contributed by atoms with Crippen LogP contribution in [-0.4, -0.2) is 35.8 Å². The molecule has 6 nitrogen and oxygen atoms in total. The van der Waals surface area contributed by atoms with Gasteiger partial charge in [-0.2, -0.15) is 0 Å². The number of nitrogens with one attached hydrogen (secondary N) is 3. The smallest absolute Gasteiger partial charge is 0.249 e. The van der Waals surface area contributed by atoms with E-state index in [4.69, 9.17) is 0 Å². The summed E-state index contributed by atoms with van der Waals surface area (Å²) in [6.45, 7) is 6.06. The van der Waals surface area contributed by atoms with Crippen molar-refractivity contribution in [1.29, 1.82) is 0 Å². The van der Waals surface area contributed by atoms with Crippen LogP contribution in [0.15, 0.2) is 0 Å². The Bertz CT molecular complexity index is 339. The second-order valence-corrected chi connectivity index (χ2v) is 4.63. The molecule has 1 heterocycles. The molecule has 1 atom stereocenters. The van der Waals surface area contributed by atoms with Crippen LogP contribution in [0.25, 0.3) is 0 Å². The van der Waals surface area contributed by atoms with E-state index in [0.717, 1.165) is 0 Å². The molecule has 96 valence electrons. The number of piperidine rings is 1. The Morgan fingerprint density at radius 2 is 2.12 bits per heavy atom. The Kier molecular flexibility index (Phi) is 4.22. The lowest BCUT2D eigenvalue weighted by Gasteiger charge is -2.28. The minimum absolute atomic E-state index is 0.242. The summed E-state index contributed by atoms with van der Waals surface area (Å²) in [6, 6.07) is -0.613. The molecule has 1 unspecified atom stereocenters. The Morgan fingerprint density at radius 3 is 2.65 bits per heavy atom. The molecule has 0 aromatic rings. The molecular formula is C11H19N3O3. The fraction of sp³-hybridized carbons (Fsp3) is 0.727. The van der Waals surface area contributed by atoms with E-state index in [1.54, 1.807) is 13.8 Å². The highest BCUT2D eigenvalue weighted by Crippen LogP contribution is 2.07. The molecule has 1 fully saturated rings. The van der Waals surface area contributed by atoms with E-state index >= 15 is 0 Å². The maximum absolute atomic E-state index is 11.9. The van der Waals surface area contributed by atoms with Gasteiger partial charge in [0.15, 0.2) is 0 Å². The number of likely N-dealkylation sites (N-methyl/N-ethyl adjacent to an activating group) is 1. The van der Waals surface area contributed by atoms with E-state index in [9.17, 15) is 14.4 Å². The molecule has 0 aliphatic carbocycles. The Labute approximate surface area is 101 Å². The predicted molar refractivity (Wildman–Crippen MR) is 62.1 cm³/mol. The second-order valence-electron chi connectivity index (χ2n) is 4.63. The molecule has 3 amide bonds. The molecule has 0 bridgehead atoms. The summed E-state index contributed by atoms with van der Waals surface area (Å²) in [6.07, 6.45) is 0.622. The molecule has 1 rings (SSSR count). The molecule has 1 aliphatic rings. The lowest BCUT2D eigenvalue weighted by Crippen LogP contribution is -2.59. The molecule has 0 radical (unpaired) electrons. The van der Waals surface area contributed by atoms with Crippen molar-refractivity contribution in [1.82, 2.24) is 16.0 Å². The van der Waals surface area contributed by atoms with Crippen molar-refractivity contribution in [3.63, 3.8) is 0 Å². The standard InChI is InChI=1S/C11H19N3O3/c1-4-12-11(2,3)10(17)13-7-5-6-8(15)14-9(7)16/h7,12H,4-6H2,1-3H3,(H,13,17)(H,14,15,16). The van der Waals surface area contributed by atoms with Crippen LogP contribution in [0.2, 0.25) is 0 Å². The van der Waals surface area contributed by atoms with Crippen molar-refractivity contribution in [3.8, 4) is 0 Å². The van der Waals surface area contributed by atoms with E-state index in [0.29, 0.717) is 13.0 Å². The first-order chi connectivity index (χ1) is 7.86. The molecule has 0 aromatic carbocycles. The van der Waals surface area contributed by atoms with Crippen LogP contribution < -0.4 is 16.0 Å². The van der Waals surface area contributed by atoms with Gasteiger partial charge in [-0.3, -0.25) is 19.7 Å². The van der Waals surface area contributed by atoms with Crippen molar-refractivity contribution in [2.75, 3.05) is 6.54 Å². The summed E-state index contributed by atoms with van der Waals surface area (Å²) in [5, 5.41) is 7.88. The van der Waals surface area contributed by atoms with Gasteiger partial charge in [-0.25, -0.2) is 0 Å². The molecule has 0 spiro atoms. The quantitative estimate of drug-likeness (QED) is 0.568. The van der Waals surface area contributed by atoms with Gasteiger partial charge in [-0.1, -0.05) is 6.92 Å². The first-order valence-electron chi connectivity index (χ1n) is 5.76. The van der Waals surface area contributed by atoms with Crippen molar-refractivity contribution in [2.45, 2.75) is 45.2 Å². The first kappa shape index (κ1) is 13.6. The van der Waals surface area contributed by atoms with Crippen molar-refractivity contribution >= 4 is 17.7 Å². The largest absolute Gasteiger partial charge is 0.343 e. The minimum Gasteiger partial charge on any atom is -0.343 e. The van der Waals surface area contributed by atoms with Crippen molar-refractivity contribution in [2.24, 2.45) is 0 Å². The second kappa shape index (κ2) is 5.27. The van der Waals surface area contributed by atoms with Crippen molar-refractivity contribution in [3.05, 3.63) is 0 Å². The van der Waals surface area contributed by atoms with Gasteiger partial charge >= 0.3 is 0 Å². The monoisotopic (exact) mass is 241 g/mol. The topological polar surface area (TPSA) is 87.3 Å². The number of rotatable bonds is 4. The minimum atomic E-state index is -0.726. The molecular weight excluding hydrogens is 222 g/mol. The number of carbonyl (C=O) groups excluding carboxylic acids is 3. The molecule has 6 heteroatoms. The lowest BCUT2D eigenvalue weighted by molar-refractivity contribution is -0.138. The van der Waals surface area contributed by atoms with Gasteiger partial charge in [0.05, 0.1) is 5.54 Å². The Balaban J connectivity index is 2.57. The molecule has 1 saturated heterocycles. The zero-order valence-corrected chi connectivity index (χ0v) is 10.4. The van der Waals surface area contributed by atoms with Crippen LogP contribution in [0, 0.1) is 0 Å². The SMILES string of the molecule is CCNC(C)(C)C(=O)NC1CCC(=O)NC1=O. The van der Waals surface area contributed by atoms with Crippen LogP contribution >= 0.6 is 0 Å². The fourth-order valence-electron chi connectivity index (χ4n) is 1.69. The highest BCUT2D eigenvalue weighted by Gasteiger charge is 2.33. The van der Waals surface area contributed by atoms with E-state index in [1.165, 1.54) is 0 Å². The molecule has 1 aliphatic heterocycles. The first-order valence-corrected chi connectivity index (χ1v) is 5.76. The maximum Gasteiger partial charge on any atom is 0.249 e. The average Bonchev–Trinajstić information content (AvgIpc) is 2.22. The normalized spacial score (nSPS) is 21.0. The van der Waals surface area contributed by atoms with Crippen LogP contribution in [0.3, 0.4) is 0 Å². The predicted octanol–water partition coefficient (Wildman–Crippen LogP) is -0.704. The molecule has 17 heavy (non-hydrogen) atoms. The average molecular weight is 241 g/mol. The summed E-state index contributed by atoms with van der Waals surface area (Å²) < 4.78 is 0. The third-order valence-electron chi connectivity index (χ3n) is 2.73. The van der Waals surface area contributed by atoms with Gasteiger partial charge in [0, 0.05) is 6.42 Å². The third kappa shape index (κ3) is 3.52. The van der Waals surface area contributed by atoms with Crippen LogP contribution in [0.1, 0.15) is 33.6 Å². The van der Waals surface area contributed by atoms with E-state index in [2.05, 4.69) is 16.0 Å². The van der Waals surface area contributed by atoms with Gasteiger partial charge in [0.25, 0.3) is 0 Å². The van der Waals surface area contributed by atoms with Crippen LogP contribution in [0.5, 0.6) is 0 Å². The van der Waals surface area contributed by atoms with Gasteiger partial charge in [-0.15, -0.1) is 0 Å². The van der Waals surface area contributed by atoms with E-state index < -0.39 is 17.5 Å². The van der Waals surface area contributed by atoms with Gasteiger partial charge < -0.3 is 10.6 Å². The van der Waals surface area contributed by atoms with Crippen LogP contribution in [-0.2, 0) is 14.4 Å². The zero-order chi connectivity index (χ0) is 13.1. The van der Waals surface area contributed by atoms with Gasteiger partial charge in [0.2, 0.25) is 17.7 Å². The fourth-order valence-corrected chi connectivity index (χ4v) is 1.69. The number of imide groups is 1.